The van der Waals surface area contributed by atoms with E-state index in [2.05, 4.69) is 5.10 Å². The number of halogens is 1. The predicted octanol–water partition coefficient (Wildman–Crippen LogP) is 3.91. The van der Waals surface area contributed by atoms with Crippen molar-refractivity contribution in [3.8, 4) is 5.75 Å². The standard InChI is InChI=1S/C21H28FN3O2/c1-15-11-16(2)25(23-15)17(3)12-21(26)24-10-6-7-18(13-24)14-27-20-9-5-4-8-19(20)22/h4-5,8-9,11,17-18H,6-7,10,12-14H2,1-3H3. The van der Waals surface area contributed by atoms with Gasteiger partial charge < -0.3 is 9.64 Å². The summed E-state index contributed by atoms with van der Waals surface area (Å²) in [7, 11) is 0. The minimum Gasteiger partial charge on any atom is -0.490 e. The first kappa shape index (κ1) is 19.4. The van der Waals surface area contributed by atoms with Crippen molar-refractivity contribution >= 4 is 5.91 Å². The molecule has 2 atom stereocenters. The van der Waals surface area contributed by atoms with E-state index in [-0.39, 0.29) is 29.4 Å². The Balaban J connectivity index is 1.53. The summed E-state index contributed by atoms with van der Waals surface area (Å²) in [6, 6.07) is 8.49. The molecule has 1 aliphatic rings. The molecule has 1 amide bonds. The Labute approximate surface area is 160 Å². The SMILES string of the molecule is Cc1cc(C)n(C(C)CC(=O)N2CCCC(COc3ccccc3F)C2)n1. The highest BCUT2D eigenvalue weighted by molar-refractivity contribution is 5.76. The second-order valence-corrected chi connectivity index (χ2v) is 7.51. The number of carbonyl (C=O) groups is 1. The van der Waals surface area contributed by atoms with E-state index in [1.807, 2.05) is 36.4 Å². The van der Waals surface area contributed by atoms with Gasteiger partial charge in [-0.2, -0.15) is 5.10 Å². The number of aryl methyl sites for hydroxylation is 2. The van der Waals surface area contributed by atoms with Crippen molar-refractivity contribution in [1.82, 2.24) is 14.7 Å². The van der Waals surface area contributed by atoms with Crippen molar-refractivity contribution in [2.45, 2.75) is 46.1 Å². The van der Waals surface area contributed by atoms with Crippen LogP contribution in [0.1, 0.15) is 43.6 Å². The zero-order valence-corrected chi connectivity index (χ0v) is 16.3. The molecule has 0 aliphatic carbocycles. The van der Waals surface area contributed by atoms with Gasteiger partial charge in [0.05, 0.1) is 18.3 Å². The van der Waals surface area contributed by atoms with Gasteiger partial charge in [-0.1, -0.05) is 12.1 Å². The van der Waals surface area contributed by atoms with Crippen LogP contribution in [0.2, 0.25) is 0 Å². The third-order valence-corrected chi connectivity index (χ3v) is 5.12. The summed E-state index contributed by atoms with van der Waals surface area (Å²) in [5.41, 5.74) is 2.04. The number of likely N-dealkylation sites (tertiary alicyclic amines) is 1. The van der Waals surface area contributed by atoms with Gasteiger partial charge in [-0.15, -0.1) is 0 Å². The molecule has 0 bridgehead atoms. The van der Waals surface area contributed by atoms with E-state index in [0.29, 0.717) is 19.6 Å². The number of hydrogen-bond acceptors (Lipinski definition) is 3. The zero-order valence-electron chi connectivity index (χ0n) is 16.3. The highest BCUT2D eigenvalue weighted by atomic mass is 19.1. The van der Waals surface area contributed by atoms with Gasteiger partial charge in [0.25, 0.3) is 0 Å². The molecule has 2 unspecified atom stereocenters. The minimum absolute atomic E-state index is 0.0289. The van der Waals surface area contributed by atoms with Crippen molar-refractivity contribution in [1.29, 1.82) is 0 Å². The first-order valence-corrected chi connectivity index (χ1v) is 9.62. The summed E-state index contributed by atoms with van der Waals surface area (Å²) >= 11 is 0. The van der Waals surface area contributed by atoms with Gasteiger partial charge in [0.15, 0.2) is 11.6 Å². The van der Waals surface area contributed by atoms with Gasteiger partial charge in [-0.3, -0.25) is 9.48 Å². The van der Waals surface area contributed by atoms with Crippen molar-refractivity contribution < 1.29 is 13.9 Å². The molecule has 1 saturated heterocycles. The monoisotopic (exact) mass is 373 g/mol. The summed E-state index contributed by atoms with van der Waals surface area (Å²) in [6.07, 6.45) is 2.37. The third kappa shape index (κ3) is 4.87. The summed E-state index contributed by atoms with van der Waals surface area (Å²) < 4.78 is 21.3. The Morgan fingerprint density at radius 2 is 2.15 bits per heavy atom. The molecular formula is C21H28FN3O2. The van der Waals surface area contributed by atoms with Gasteiger partial charge >= 0.3 is 0 Å². The smallest absolute Gasteiger partial charge is 0.224 e. The second-order valence-electron chi connectivity index (χ2n) is 7.51. The predicted molar refractivity (Wildman–Crippen MR) is 102 cm³/mol. The maximum Gasteiger partial charge on any atom is 0.224 e. The number of para-hydroxylation sites is 1. The topological polar surface area (TPSA) is 47.4 Å². The number of aromatic nitrogens is 2. The fraction of sp³-hybridized carbons (Fsp3) is 0.524. The molecule has 0 spiro atoms. The molecule has 0 N–H and O–H groups in total. The Morgan fingerprint density at radius 1 is 1.37 bits per heavy atom. The number of ether oxygens (including phenoxy) is 1. The summed E-state index contributed by atoms with van der Waals surface area (Å²) in [4.78, 5) is 14.7. The molecule has 2 heterocycles. The average molecular weight is 373 g/mol. The van der Waals surface area contributed by atoms with E-state index in [4.69, 9.17) is 4.74 Å². The molecule has 2 aromatic rings. The van der Waals surface area contributed by atoms with Crippen molar-refractivity contribution in [2.75, 3.05) is 19.7 Å². The molecule has 1 aliphatic heterocycles. The van der Waals surface area contributed by atoms with E-state index in [9.17, 15) is 9.18 Å². The fourth-order valence-corrected chi connectivity index (χ4v) is 3.76. The van der Waals surface area contributed by atoms with Gasteiger partial charge in [-0.05, 0) is 51.8 Å². The van der Waals surface area contributed by atoms with E-state index in [1.165, 1.54) is 6.07 Å². The normalized spacial score (nSPS) is 18.4. The number of benzene rings is 1. The van der Waals surface area contributed by atoms with Gasteiger partial charge in [-0.25, -0.2) is 4.39 Å². The summed E-state index contributed by atoms with van der Waals surface area (Å²) in [5.74, 6) is 0.302. The first-order valence-electron chi connectivity index (χ1n) is 9.62. The van der Waals surface area contributed by atoms with Crippen LogP contribution in [0, 0.1) is 25.6 Å². The summed E-state index contributed by atoms with van der Waals surface area (Å²) in [5, 5.41) is 4.48. The largest absolute Gasteiger partial charge is 0.490 e. The maximum atomic E-state index is 13.7. The first-order chi connectivity index (χ1) is 12.9. The quantitative estimate of drug-likeness (QED) is 0.771. The Kier molecular flexibility index (Phi) is 6.14. The number of rotatable bonds is 6. The molecule has 1 aromatic heterocycles. The third-order valence-electron chi connectivity index (χ3n) is 5.12. The molecule has 6 heteroatoms. The molecule has 0 radical (unpaired) electrons. The van der Waals surface area contributed by atoms with E-state index in [1.54, 1.807) is 18.2 Å². The molecule has 1 aromatic carbocycles. The molecule has 0 saturated carbocycles. The van der Waals surface area contributed by atoms with Crippen LogP contribution >= 0.6 is 0 Å². The van der Waals surface area contributed by atoms with Crippen LogP contribution in [0.15, 0.2) is 30.3 Å². The molecule has 3 rings (SSSR count). The Hall–Kier alpha value is -2.37. The molecule has 146 valence electrons. The lowest BCUT2D eigenvalue weighted by Crippen LogP contribution is -2.42. The van der Waals surface area contributed by atoms with Crippen molar-refractivity contribution in [3.05, 3.63) is 47.5 Å². The number of nitrogens with zero attached hydrogens (tertiary/aromatic N) is 3. The van der Waals surface area contributed by atoms with Gasteiger partial charge in [0.1, 0.15) is 0 Å². The fourth-order valence-electron chi connectivity index (χ4n) is 3.76. The van der Waals surface area contributed by atoms with E-state index < -0.39 is 0 Å². The van der Waals surface area contributed by atoms with E-state index >= 15 is 0 Å². The van der Waals surface area contributed by atoms with Crippen LogP contribution in [0.3, 0.4) is 0 Å². The zero-order chi connectivity index (χ0) is 19.4. The average Bonchev–Trinajstić information content (AvgIpc) is 2.99. The minimum atomic E-state index is -0.347. The molecule has 27 heavy (non-hydrogen) atoms. The van der Waals surface area contributed by atoms with Gasteiger partial charge in [0, 0.05) is 31.1 Å². The summed E-state index contributed by atoms with van der Waals surface area (Å²) in [6.45, 7) is 7.87. The lowest BCUT2D eigenvalue weighted by atomic mass is 9.98. The van der Waals surface area contributed by atoms with Crippen molar-refractivity contribution in [3.63, 3.8) is 0 Å². The molecular weight excluding hydrogens is 345 g/mol. The van der Waals surface area contributed by atoms with Crippen molar-refractivity contribution in [2.24, 2.45) is 5.92 Å². The molecule has 5 nitrogen and oxygen atoms in total. The highest BCUT2D eigenvalue weighted by Gasteiger charge is 2.26. The van der Waals surface area contributed by atoms with Crippen LogP contribution in [-0.2, 0) is 4.79 Å². The van der Waals surface area contributed by atoms with E-state index in [0.717, 1.165) is 30.8 Å². The van der Waals surface area contributed by atoms with Gasteiger partial charge in [0.2, 0.25) is 5.91 Å². The van der Waals surface area contributed by atoms with Crippen LogP contribution in [-0.4, -0.2) is 40.3 Å². The van der Waals surface area contributed by atoms with Crippen LogP contribution < -0.4 is 4.74 Å². The number of hydrogen-bond donors (Lipinski definition) is 0. The highest BCUT2D eigenvalue weighted by Crippen LogP contribution is 2.23. The lowest BCUT2D eigenvalue weighted by Gasteiger charge is -2.33. The van der Waals surface area contributed by atoms with Crippen LogP contribution in [0.25, 0.3) is 0 Å². The lowest BCUT2D eigenvalue weighted by molar-refractivity contribution is -0.134. The molecule has 1 fully saturated rings. The Morgan fingerprint density at radius 3 is 2.85 bits per heavy atom. The van der Waals surface area contributed by atoms with Crippen LogP contribution in [0.4, 0.5) is 4.39 Å². The maximum absolute atomic E-state index is 13.7. The number of amides is 1. The number of piperidine rings is 1. The number of carbonyl (C=O) groups excluding carboxylic acids is 1. The Bertz CT molecular complexity index is 789. The second kappa shape index (κ2) is 8.55. The van der Waals surface area contributed by atoms with Crippen LogP contribution in [0.5, 0.6) is 5.75 Å².